The average molecular weight is 357 g/mol. The van der Waals surface area contributed by atoms with Gasteiger partial charge in [-0.1, -0.05) is 42.5 Å². The summed E-state index contributed by atoms with van der Waals surface area (Å²) in [7, 11) is 0. The SMILES string of the molecule is O=C(C=Cc1ccco1)NC(Cc1ccccc1)c1nc2ccccc2[nH]1. The zero-order valence-electron chi connectivity index (χ0n) is 14.6. The van der Waals surface area contributed by atoms with E-state index in [1.165, 1.54) is 6.08 Å². The van der Waals surface area contributed by atoms with Gasteiger partial charge in [-0.3, -0.25) is 4.79 Å². The van der Waals surface area contributed by atoms with Gasteiger partial charge in [0.1, 0.15) is 11.6 Å². The van der Waals surface area contributed by atoms with Crippen LogP contribution in [0.4, 0.5) is 0 Å². The lowest BCUT2D eigenvalue weighted by Crippen LogP contribution is -2.29. The largest absolute Gasteiger partial charge is 0.465 e. The van der Waals surface area contributed by atoms with Crippen molar-refractivity contribution in [3.63, 3.8) is 0 Å². The molecule has 0 bridgehead atoms. The predicted octanol–water partition coefficient (Wildman–Crippen LogP) is 4.27. The molecule has 2 heterocycles. The molecule has 5 nitrogen and oxygen atoms in total. The number of para-hydroxylation sites is 2. The number of H-pyrrole nitrogens is 1. The van der Waals surface area contributed by atoms with E-state index >= 15 is 0 Å². The van der Waals surface area contributed by atoms with Crippen molar-refractivity contribution in [2.24, 2.45) is 0 Å². The van der Waals surface area contributed by atoms with Crippen LogP contribution in [0, 0.1) is 0 Å². The number of carbonyl (C=O) groups excluding carboxylic acids is 1. The fourth-order valence-corrected chi connectivity index (χ4v) is 2.97. The molecule has 4 rings (SSSR count). The lowest BCUT2D eigenvalue weighted by Gasteiger charge is -2.16. The van der Waals surface area contributed by atoms with E-state index in [0.29, 0.717) is 12.2 Å². The lowest BCUT2D eigenvalue weighted by atomic mass is 10.1. The van der Waals surface area contributed by atoms with Crippen molar-refractivity contribution in [3.8, 4) is 0 Å². The molecule has 0 radical (unpaired) electrons. The number of nitrogens with zero attached hydrogens (tertiary/aromatic N) is 1. The summed E-state index contributed by atoms with van der Waals surface area (Å²) in [5.74, 6) is 1.17. The molecule has 0 aliphatic carbocycles. The summed E-state index contributed by atoms with van der Waals surface area (Å²) in [6, 6.07) is 21.2. The number of amides is 1. The Balaban J connectivity index is 1.58. The Bertz CT molecular complexity index is 1020. The van der Waals surface area contributed by atoms with Crippen LogP contribution in [0.5, 0.6) is 0 Å². The topological polar surface area (TPSA) is 70.9 Å². The standard InChI is InChI=1S/C22H19N3O2/c26-21(13-12-17-9-6-14-27-17)23-20(15-16-7-2-1-3-8-16)22-24-18-10-4-5-11-19(18)25-22/h1-14,20H,15H2,(H,23,26)(H,24,25). The van der Waals surface area contributed by atoms with Gasteiger partial charge in [-0.05, 0) is 42.3 Å². The van der Waals surface area contributed by atoms with Crippen LogP contribution in [0.1, 0.15) is 23.2 Å². The van der Waals surface area contributed by atoms with Crippen molar-refractivity contribution in [1.29, 1.82) is 0 Å². The molecule has 27 heavy (non-hydrogen) atoms. The molecule has 0 saturated heterocycles. The Hall–Kier alpha value is -3.60. The normalized spacial score (nSPS) is 12.4. The minimum atomic E-state index is -0.270. The number of carbonyl (C=O) groups is 1. The summed E-state index contributed by atoms with van der Waals surface area (Å²) in [4.78, 5) is 20.4. The number of hydrogen-bond acceptors (Lipinski definition) is 3. The predicted molar refractivity (Wildman–Crippen MR) is 105 cm³/mol. The second-order valence-electron chi connectivity index (χ2n) is 6.24. The number of nitrogens with one attached hydrogen (secondary N) is 2. The van der Waals surface area contributed by atoms with E-state index in [4.69, 9.17) is 4.42 Å². The van der Waals surface area contributed by atoms with Crippen molar-refractivity contribution in [2.75, 3.05) is 0 Å². The van der Waals surface area contributed by atoms with E-state index in [1.54, 1.807) is 24.5 Å². The maximum atomic E-state index is 12.4. The molecule has 2 N–H and O–H groups in total. The number of aromatic amines is 1. The molecule has 0 fully saturated rings. The molecule has 0 aliphatic rings. The molecule has 0 aliphatic heterocycles. The summed E-state index contributed by atoms with van der Waals surface area (Å²) in [6.07, 6.45) is 5.33. The Kier molecular flexibility index (Phi) is 4.83. The second-order valence-corrected chi connectivity index (χ2v) is 6.24. The highest BCUT2D eigenvalue weighted by Crippen LogP contribution is 2.20. The van der Waals surface area contributed by atoms with Crippen LogP contribution in [-0.2, 0) is 11.2 Å². The highest BCUT2D eigenvalue weighted by molar-refractivity contribution is 5.91. The Morgan fingerprint density at radius 3 is 2.67 bits per heavy atom. The summed E-state index contributed by atoms with van der Waals surface area (Å²) < 4.78 is 5.22. The molecule has 1 unspecified atom stereocenters. The maximum absolute atomic E-state index is 12.4. The van der Waals surface area contributed by atoms with Crippen LogP contribution in [-0.4, -0.2) is 15.9 Å². The minimum Gasteiger partial charge on any atom is -0.465 e. The fraction of sp³-hybridized carbons (Fsp3) is 0.0909. The van der Waals surface area contributed by atoms with Crippen LogP contribution >= 0.6 is 0 Å². The summed E-state index contributed by atoms with van der Waals surface area (Å²) in [6.45, 7) is 0. The summed E-state index contributed by atoms with van der Waals surface area (Å²) >= 11 is 0. The molecule has 134 valence electrons. The van der Waals surface area contributed by atoms with Gasteiger partial charge in [0, 0.05) is 6.08 Å². The molecular weight excluding hydrogens is 338 g/mol. The number of hydrogen-bond donors (Lipinski definition) is 2. The van der Waals surface area contributed by atoms with Gasteiger partial charge in [0.25, 0.3) is 0 Å². The van der Waals surface area contributed by atoms with Crippen molar-refractivity contribution >= 4 is 23.0 Å². The molecular formula is C22H19N3O2. The first-order chi connectivity index (χ1) is 13.3. The zero-order valence-corrected chi connectivity index (χ0v) is 14.6. The van der Waals surface area contributed by atoms with Gasteiger partial charge < -0.3 is 14.7 Å². The van der Waals surface area contributed by atoms with Gasteiger partial charge in [-0.15, -0.1) is 0 Å². The number of fused-ring (bicyclic) bond motifs is 1. The third-order valence-corrected chi connectivity index (χ3v) is 4.28. The van der Waals surface area contributed by atoms with Crippen LogP contribution in [0.15, 0.2) is 83.5 Å². The first kappa shape index (κ1) is 16.8. The number of rotatable bonds is 6. The van der Waals surface area contributed by atoms with E-state index in [0.717, 1.165) is 22.4 Å². The van der Waals surface area contributed by atoms with Crippen molar-refractivity contribution in [3.05, 3.63) is 96.2 Å². The molecule has 0 saturated carbocycles. The van der Waals surface area contributed by atoms with E-state index in [9.17, 15) is 4.79 Å². The maximum Gasteiger partial charge on any atom is 0.244 e. The van der Waals surface area contributed by atoms with Crippen molar-refractivity contribution in [2.45, 2.75) is 12.5 Å². The Morgan fingerprint density at radius 1 is 1.07 bits per heavy atom. The van der Waals surface area contributed by atoms with Gasteiger partial charge in [-0.2, -0.15) is 0 Å². The molecule has 5 heteroatoms. The fourth-order valence-electron chi connectivity index (χ4n) is 2.97. The van der Waals surface area contributed by atoms with Gasteiger partial charge in [0.15, 0.2) is 0 Å². The summed E-state index contributed by atoms with van der Waals surface area (Å²) in [5, 5.41) is 3.04. The van der Waals surface area contributed by atoms with Gasteiger partial charge in [0.2, 0.25) is 5.91 Å². The quantitative estimate of drug-likeness (QED) is 0.506. The minimum absolute atomic E-state index is 0.201. The number of imidazole rings is 1. The van der Waals surface area contributed by atoms with E-state index in [2.05, 4.69) is 15.3 Å². The van der Waals surface area contributed by atoms with Gasteiger partial charge in [-0.25, -0.2) is 4.98 Å². The number of aromatic nitrogens is 2. The Labute approximate surface area is 156 Å². The molecule has 0 spiro atoms. The van der Waals surface area contributed by atoms with Crippen molar-refractivity contribution < 1.29 is 9.21 Å². The number of benzene rings is 2. The number of furan rings is 1. The Morgan fingerprint density at radius 2 is 1.89 bits per heavy atom. The summed E-state index contributed by atoms with van der Waals surface area (Å²) in [5.41, 5.74) is 2.95. The van der Waals surface area contributed by atoms with Crippen LogP contribution < -0.4 is 5.32 Å². The molecule has 1 atom stereocenters. The molecule has 2 aromatic carbocycles. The van der Waals surface area contributed by atoms with Crippen LogP contribution in [0.2, 0.25) is 0 Å². The molecule has 4 aromatic rings. The van der Waals surface area contributed by atoms with E-state index in [-0.39, 0.29) is 11.9 Å². The van der Waals surface area contributed by atoms with E-state index < -0.39 is 0 Å². The molecule has 1 amide bonds. The lowest BCUT2D eigenvalue weighted by molar-refractivity contribution is -0.117. The van der Waals surface area contributed by atoms with Crippen LogP contribution in [0.3, 0.4) is 0 Å². The first-order valence-corrected chi connectivity index (χ1v) is 8.78. The monoisotopic (exact) mass is 357 g/mol. The van der Waals surface area contributed by atoms with Gasteiger partial charge in [0.05, 0.1) is 23.3 Å². The van der Waals surface area contributed by atoms with Crippen LogP contribution in [0.25, 0.3) is 17.1 Å². The highest BCUT2D eigenvalue weighted by atomic mass is 16.3. The third kappa shape index (κ3) is 4.15. The average Bonchev–Trinajstić information content (AvgIpc) is 3.36. The van der Waals surface area contributed by atoms with Crippen molar-refractivity contribution in [1.82, 2.24) is 15.3 Å². The van der Waals surface area contributed by atoms with E-state index in [1.807, 2.05) is 54.6 Å². The first-order valence-electron chi connectivity index (χ1n) is 8.78. The zero-order chi connectivity index (χ0) is 18.5. The van der Waals surface area contributed by atoms with Gasteiger partial charge >= 0.3 is 0 Å². The highest BCUT2D eigenvalue weighted by Gasteiger charge is 2.18. The third-order valence-electron chi connectivity index (χ3n) is 4.28. The second kappa shape index (κ2) is 7.74. The smallest absolute Gasteiger partial charge is 0.244 e. The molecule has 2 aromatic heterocycles.